The van der Waals surface area contributed by atoms with E-state index in [0.29, 0.717) is 19.1 Å². The van der Waals surface area contributed by atoms with E-state index in [4.69, 9.17) is 10.5 Å². The number of nitrogens with zero attached hydrogens (tertiary/aromatic N) is 1. The smallest absolute Gasteiger partial charge is 0.193 e. The number of anilines is 1. The first kappa shape index (κ1) is 20.0. The molecule has 0 aliphatic heterocycles. The number of nitrogens with one attached hydrogen (secondary N) is 1. The van der Waals surface area contributed by atoms with Crippen LogP contribution in [-0.2, 0) is 6.54 Å². The maximum absolute atomic E-state index is 5.97. The van der Waals surface area contributed by atoms with Gasteiger partial charge in [-0.1, -0.05) is 36.9 Å². The van der Waals surface area contributed by atoms with Gasteiger partial charge in [-0.2, -0.15) is 0 Å². The Morgan fingerprint density at radius 1 is 1.21 bits per heavy atom. The van der Waals surface area contributed by atoms with Crippen molar-refractivity contribution in [2.24, 2.45) is 10.7 Å². The van der Waals surface area contributed by atoms with E-state index in [-0.39, 0.29) is 24.0 Å². The number of para-hydroxylation sites is 1. The molecule has 4 nitrogen and oxygen atoms in total. The number of benzene rings is 2. The molecule has 0 amide bonds. The lowest BCUT2D eigenvalue weighted by atomic mass is 10.1. The second-order valence-electron chi connectivity index (χ2n) is 5.33. The third kappa shape index (κ3) is 5.88. The average Bonchev–Trinajstić information content (AvgIpc) is 2.55. The van der Waals surface area contributed by atoms with Crippen LogP contribution >= 0.6 is 24.0 Å². The molecule has 0 saturated heterocycles. The number of nitrogens with two attached hydrogens (primary N) is 1. The van der Waals surface area contributed by atoms with Gasteiger partial charge in [-0.3, -0.25) is 0 Å². The summed E-state index contributed by atoms with van der Waals surface area (Å²) in [6, 6.07) is 13.9. The average molecular weight is 437 g/mol. The van der Waals surface area contributed by atoms with Gasteiger partial charge in [0.2, 0.25) is 0 Å². The summed E-state index contributed by atoms with van der Waals surface area (Å²) in [6.45, 7) is 8.73. The Hall–Kier alpha value is -2.02. The lowest BCUT2D eigenvalue weighted by Crippen LogP contribution is -2.22. The van der Waals surface area contributed by atoms with Crippen LogP contribution in [0.1, 0.15) is 16.7 Å². The van der Waals surface area contributed by atoms with E-state index in [0.717, 1.165) is 17.0 Å². The summed E-state index contributed by atoms with van der Waals surface area (Å²) in [5.74, 6) is 1.18. The van der Waals surface area contributed by atoms with Gasteiger partial charge in [0.05, 0.1) is 6.54 Å². The molecule has 0 saturated carbocycles. The first-order valence-electron chi connectivity index (χ1n) is 7.56. The summed E-state index contributed by atoms with van der Waals surface area (Å²) < 4.78 is 5.62. The lowest BCUT2D eigenvalue weighted by molar-refractivity contribution is 0.359. The summed E-state index contributed by atoms with van der Waals surface area (Å²) in [5.41, 5.74) is 10.4. The highest BCUT2D eigenvalue weighted by atomic mass is 127. The number of aryl methyl sites for hydroxylation is 2. The molecule has 0 aliphatic carbocycles. The molecule has 0 atom stereocenters. The van der Waals surface area contributed by atoms with E-state index in [9.17, 15) is 0 Å². The minimum Gasteiger partial charge on any atom is -0.489 e. The monoisotopic (exact) mass is 437 g/mol. The predicted octanol–water partition coefficient (Wildman–Crippen LogP) is 4.41. The largest absolute Gasteiger partial charge is 0.489 e. The number of rotatable bonds is 6. The Bertz CT molecular complexity index is 714. The highest BCUT2D eigenvalue weighted by Gasteiger charge is 2.02. The van der Waals surface area contributed by atoms with Gasteiger partial charge in [-0.15, -0.1) is 24.0 Å². The summed E-state index contributed by atoms with van der Waals surface area (Å²) in [7, 11) is 0. The zero-order valence-electron chi connectivity index (χ0n) is 14.1. The zero-order valence-corrected chi connectivity index (χ0v) is 16.4. The van der Waals surface area contributed by atoms with Crippen LogP contribution in [0.15, 0.2) is 60.1 Å². The van der Waals surface area contributed by atoms with Crippen molar-refractivity contribution in [3.8, 4) is 5.75 Å². The molecular formula is C19H24IN3O. The van der Waals surface area contributed by atoms with Crippen LogP contribution in [0.5, 0.6) is 5.75 Å². The third-order valence-corrected chi connectivity index (χ3v) is 3.53. The number of aliphatic imine (C=N–C) groups is 1. The molecule has 2 aromatic rings. The Morgan fingerprint density at radius 3 is 2.67 bits per heavy atom. The van der Waals surface area contributed by atoms with Crippen LogP contribution < -0.4 is 15.8 Å². The van der Waals surface area contributed by atoms with Crippen molar-refractivity contribution in [3.05, 3.63) is 71.8 Å². The lowest BCUT2D eigenvalue weighted by Gasteiger charge is -2.10. The molecule has 128 valence electrons. The van der Waals surface area contributed by atoms with Crippen molar-refractivity contribution < 1.29 is 4.74 Å². The molecule has 24 heavy (non-hydrogen) atoms. The number of hydrogen-bond donors (Lipinski definition) is 2. The van der Waals surface area contributed by atoms with Crippen LogP contribution in [0, 0.1) is 13.8 Å². The van der Waals surface area contributed by atoms with Crippen LogP contribution in [0.4, 0.5) is 5.69 Å². The molecule has 3 N–H and O–H groups in total. The summed E-state index contributed by atoms with van der Waals surface area (Å²) in [5, 5.41) is 3.11. The van der Waals surface area contributed by atoms with E-state index in [1.165, 1.54) is 11.1 Å². The van der Waals surface area contributed by atoms with Crippen molar-refractivity contribution in [2.75, 3.05) is 11.9 Å². The molecule has 0 radical (unpaired) electrons. The van der Waals surface area contributed by atoms with Crippen molar-refractivity contribution in [2.45, 2.75) is 20.4 Å². The molecule has 0 spiro atoms. The van der Waals surface area contributed by atoms with Crippen molar-refractivity contribution in [1.82, 2.24) is 0 Å². The molecule has 0 heterocycles. The maximum atomic E-state index is 5.97. The Kier molecular flexibility index (Phi) is 8.32. The number of guanidine groups is 1. The van der Waals surface area contributed by atoms with Crippen molar-refractivity contribution in [1.29, 1.82) is 0 Å². The van der Waals surface area contributed by atoms with E-state index < -0.39 is 0 Å². The topological polar surface area (TPSA) is 59.6 Å². The number of ether oxygens (including phenoxy) is 1. The van der Waals surface area contributed by atoms with Crippen LogP contribution in [0.2, 0.25) is 0 Å². The fraction of sp³-hybridized carbons (Fsp3) is 0.211. The molecule has 0 fully saturated rings. The van der Waals surface area contributed by atoms with Gasteiger partial charge in [0, 0.05) is 11.3 Å². The quantitative estimate of drug-likeness (QED) is 0.305. The summed E-state index contributed by atoms with van der Waals surface area (Å²) >= 11 is 0. The van der Waals surface area contributed by atoms with E-state index >= 15 is 0 Å². The Balaban J connectivity index is 0.00000288. The van der Waals surface area contributed by atoms with Gasteiger partial charge in [0.15, 0.2) is 5.96 Å². The molecule has 0 aromatic heterocycles. The van der Waals surface area contributed by atoms with Crippen molar-refractivity contribution >= 4 is 35.6 Å². The fourth-order valence-corrected chi connectivity index (χ4v) is 2.10. The van der Waals surface area contributed by atoms with E-state index in [2.05, 4.69) is 42.9 Å². The molecule has 0 bridgehead atoms. The molecule has 5 heteroatoms. The van der Waals surface area contributed by atoms with Crippen LogP contribution in [-0.4, -0.2) is 12.6 Å². The molecule has 2 aromatic carbocycles. The SMILES string of the molecule is C=CCOc1ccccc1CN=C(N)Nc1ccc(C)c(C)c1.I. The standard InChI is InChI=1S/C19H23N3O.HI/c1-4-11-23-18-8-6-5-7-16(18)13-21-19(20)22-17-10-9-14(2)15(3)12-17;/h4-10,12H,1,11,13H2,2-3H3,(H3,20,21,22);1H. The van der Waals surface area contributed by atoms with Gasteiger partial charge >= 0.3 is 0 Å². The minimum absolute atomic E-state index is 0. The summed E-state index contributed by atoms with van der Waals surface area (Å²) in [6.07, 6.45) is 1.72. The minimum atomic E-state index is 0. The van der Waals surface area contributed by atoms with Crippen LogP contribution in [0.25, 0.3) is 0 Å². The second kappa shape index (κ2) is 9.97. The normalized spacial score (nSPS) is 10.7. The van der Waals surface area contributed by atoms with E-state index in [1.807, 2.05) is 30.3 Å². The first-order chi connectivity index (χ1) is 11.1. The zero-order chi connectivity index (χ0) is 16.7. The highest BCUT2D eigenvalue weighted by Crippen LogP contribution is 2.19. The second-order valence-corrected chi connectivity index (χ2v) is 5.33. The Morgan fingerprint density at radius 2 is 1.96 bits per heavy atom. The van der Waals surface area contributed by atoms with Crippen molar-refractivity contribution in [3.63, 3.8) is 0 Å². The van der Waals surface area contributed by atoms with Gasteiger partial charge < -0.3 is 15.8 Å². The van der Waals surface area contributed by atoms with Gasteiger partial charge in [-0.05, 0) is 43.2 Å². The summed E-state index contributed by atoms with van der Waals surface area (Å²) in [4.78, 5) is 4.39. The molecular weight excluding hydrogens is 413 g/mol. The van der Waals surface area contributed by atoms with Gasteiger partial charge in [-0.25, -0.2) is 4.99 Å². The van der Waals surface area contributed by atoms with Gasteiger partial charge in [0.25, 0.3) is 0 Å². The molecule has 2 rings (SSSR count). The maximum Gasteiger partial charge on any atom is 0.193 e. The molecule has 0 aliphatic rings. The Labute approximate surface area is 160 Å². The first-order valence-corrected chi connectivity index (χ1v) is 7.56. The number of halogens is 1. The fourth-order valence-electron chi connectivity index (χ4n) is 2.10. The predicted molar refractivity (Wildman–Crippen MR) is 112 cm³/mol. The van der Waals surface area contributed by atoms with Gasteiger partial charge in [0.1, 0.15) is 12.4 Å². The van der Waals surface area contributed by atoms with E-state index in [1.54, 1.807) is 6.08 Å². The highest BCUT2D eigenvalue weighted by molar-refractivity contribution is 14.0. The molecule has 0 unspecified atom stereocenters. The van der Waals surface area contributed by atoms with Crippen LogP contribution in [0.3, 0.4) is 0 Å². The number of hydrogen-bond acceptors (Lipinski definition) is 2. The third-order valence-electron chi connectivity index (χ3n) is 3.53.